The van der Waals surface area contributed by atoms with Crippen LogP contribution in [-0.2, 0) is 18.9 Å². The summed E-state index contributed by atoms with van der Waals surface area (Å²) in [5.74, 6) is 0. The molecule has 0 spiro atoms. The molecular weight excluding hydrogens is 388 g/mol. The molecule has 0 aromatic rings. The lowest BCUT2D eigenvalue weighted by Crippen LogP contribution is -2.66. The van der Waals surface area contributed by atoms with E-state index in [1.54, 1.807) is 0 Å². The molecule has 28 heavy (non-hydrogen) atoms. The molecule has 0 saturated carbocycles. The molecule has 10 atom stereocenters. The van der Waals surface area contributed by atoms with E-state index in [9.17, 15) is 41.1 Å². The van der Waals surface area contributed by atoms with E-state index in [0.717, 1.165) is 14.2 Å². The van der Waals surface area contributed by atoms with Crippen LogP contribution < -0.4 is 0 Å². The number of hydroxylamine groups is 2. The molecule has 0 aromatic carbocycles. The van der Waals surface area contributed by atoms with Crippen LogP contribution in [0.25, 0.3) is 0 Å². The highest BCUT2D eigenvalue weighted by Gasteiger charge is 2.57. The highest BCUT2D eigenvalue weighted by atomic mass is 16.7. The number of hydrogen-bond acceptors (Lipinski definition) is 12. The average Bonchev–Trinajstić information content (AvgIpc) is 2.68. The fourth-order valence-corrected chi connectivity index (χ4v) is 3.31. The monoisotopic (exact) mass is 414 g/mol. The van der Waals surface area contributed by atoms with Crippen molar-refractivity contribution < 1.29 is 59.3 Å². The van der Waals surface area contributed by atoms with Crippen LogP contribution in [0.5, 0.6) is 0 Å². The minimum atomic E-state index is -1.86. The number of methoxy groups -OCH3 is 2. The van der Waals surface area contributed by atoms with Crippen molar-refractivity contribution in [3.05, 3.63) is 10.4 Å². The smallest absolute Gasteiger partial charge is 0.287 e. The van der Waals surface area contributed by atoms with E-state index in [0.29, 0.717) is 0 Å². The van der Waals surface area contributed by atoms with Gasteiger partial charge in [0.15, 0.2) is 37.0 Å². The Labute approximate surface area is 159 Å². The van der Waals surface area contributed by atoms with Gasteiger partial charge >= 0.3 is 0 Å². The first kappa shape index (κ1) is 23.1. The van der Waals surface area contributed by atoms with Crippen molar-refractivity contribution in [2.75, 3.05) is 27.4 Å². The Morgan fingerprint density at radius 2 is 1.04 bits per heavy atom. The minimum absolute atomic E-state index is 0.379. The summed E-state index contributed by atoms with van der Waals surface area (Å²) < 4.78 is 19.9. The standard InChI is InChI=1S/C14H26N2O12/c1-25-13-11(21)7(9(19)5(3-17)27-13)15(23)16(24)8-10(20)6(4-18)28-14(26-2)12(8)22/h5-14,17-22H,3-4H2,1-2H3/b16-15+/t5-,6-,7+,8+,9+,10+,11-,12-,13-,14-/m1/s1. The molecule has 0 bridgehead atoms. The summed E-state index contributed by atoms with van der Waals surface area (Å²) in [7, 11) is 2.28. The van der Waals surface area contributed by atoms with E-state index in [2.05, 4.69) is 0 Å². The van der Waals surface area contributed by atoms with Crippen LogP contribution in [-0.4, -0.2) is 129 Å². The Bertz CT molecular complexity index is 472. The molecule has 6 N–H and O–H groups in total. The Morgan fingerprint density at radius 3 is 1.29 bits per heavy atom. The Hall–Kier alpha value is -1.20. The van der Waals surface area contributed by atoms with Crippen LogP contribution in [0.15, 0.2) is 0 Å². The number of ether oxygens (including phenoxy) is 4. The third-order valence-corrected chi connectivity index (χ3v) is 4.87. The number of aliphatic hydroxyl groups is 6. The molecule has 0 radical (unpaired) electrons. The molecular formula is C14H26N2O12. The van der Waals surface area contributed by atoms with Gasteiger partial charge in [-0.3, -0.25) is 0 Å². The zero-order chi connectivity index (χ0) is 21.2. The molecule has 0 aromatic heterocycles. The van der Waals surface area contributed by atoms with Gasteiger partial charge in [-0.2, -0.15) is 0 Å². The summed E-state index contributed by atoms with van der Waals surface area (Å²) in [5.41, 5.74) is 0. The van der Waals surface area contributed by atoms with Crippen LogP contribution in [0, 0.1) is 10.4 Å². The lowest BCUT2D eigenvalue weighted by Gasteiger charge is -2.40. The molecule has 2 fully saturated rings. The van der Waals surface area contributed by atoms with Crippen molar-refractivity contribution in [1.82, 2.24) is 0 Å². The van der Waals surface area contributed by atoms with Gasteiger partial charge in [-0.25, -0.2) is 0 Å². The normalized spacial score (nSPS) is 45.6. The summed E-state index contributed by atoms with van der Waals surface area (Å²) in [6.07, 6.45) is -12.8. The Kier molecular flexibility index (Phi) is 7.86. The molecule has 2 saturated heterocycles. The fraction of sp³-hybridized carbons (Fsp3) is 1.00. The maximum absolute atomic E-state index is 12.7. The number of rotatable bonds is 6. The fourth-order valence-electron chi connectivity index (χ4n) is 3.31. The summed E-state index contributed by atoms with van der Waals surface area (Å²) in [6, 6.07) is -3.71. The van der Waals surface area contributed by atoms with Crippen molar-refractivity contribution in [2.45, 2.75) is 61.3 Å². The van der Waals surface area contributed by atoms with E-state index in [1.807, 2.05) is 0 Å². The zero-order valence-electron chi connectivity index (χ0n) is 15.2. The van der Waals surface area contributed by atoms with Gasteiger partial charge in [0.05, 0.1) is 13.2 Å². The van der Waals surface area contributed by atoms with Gasteiger partial charge in [-0.1, -0.05) is 0 Å². The predicted molar refractivity (Wildman–Crippen MR) is 84.4 cm³/mol. The molecule has 14 nitrogen and oxygen atoms in total. The third kappa shape index (κ3) is 4.06. The lowest BCUT2D eigenvalue weighted by atomic mass is 9.96. The van der Waals surface area contributed by atoms with E-state index in [4.69, 9.17) is 18.9 Å². The van der Waals surface area contributed by atoms with Crippen molar-refractivity contribution in [3.8, 4) is 0 Å². The minimum Gasteiger partial charge on any atom is -0.567 e. The number of hydrogen-bond donors (Lipinski definition) is 6. The molecule has 2 aliphatic rings. The van der Waals surface area contributed by atoms with E-state index < -0.39 is 74.5 Å². The molecule has 164 valence electrons. The lowest BCUT2D eigenvalue weighted by molar-refractivity contribution is -1.01. The number of nitrogens with zero attached hydrogens (tertiary/aromatic N) is 2. The second-order valence-electron chi connectivity index (χ2n) is 6.47. The van der Waals surface area contributed by atoms with Gasteiger partial charge in [0.1, 0.15) is 12.2 Å². The van der Waals surface area contributed by atoms with Crippen LogP contribution in [0.3, 0.4) is 0 Å². The topological polar surface area (TPSA) is 210 Å². The zero-order valence-corrected chi connectivity index (χ0v) is 15.2. The molecule has 2 rings (SSSR count). The maximum Gasteiger partial charge on any atom is 0.287 e. The number of aliphatic hydroxyl groups excluding tert-OH is 6. The Morgan fingerprint density at radius 1 is 0.714 bits per heavy atom. The van der Waals surface area contributed by atoms with Crippen LogP contribution in [0.2, 0.25) is 0 Å². The van der Waals surface area contributed by atoms with Gasteiger partial charge in [0.2, 0.25) is 0 Å². The molecule has 0 amide bonds. The summed E-state index contributed by atoms with van der Waals surface area (Å²) in [6.45, 7) is -1.48. The maximum atomic E-state index is 12.7. The van der Waals surface area contributed by atoms with Crippen LogP contribution in [0.4, 0.5) is 0 Å². The highest BCUT2D eigenvalue weighted by molar-refractivity contribution is 4.90. The molecule has 0 unspecified atom stereocenters. The average molecular weight is 414 g/mol. The first-order valence-electron chi connectivity index (χ1n) is 8.46. The largest absolute Gasteiger partial charge is 0.567 e. The SMILES string of the molecule is CO[C@@H]1O[C@H](CO)[C@H](O)[C@H](/[N+]([O-])=[N+](\[O-])[C@H]2[C@@H](O)[C@@H](CO)O[C@@H](OC)[C@@H]2O)[C@H]1O. The van der Waals surface area contributed by atoms with Crippen molar-refractivity contribution >= 4 is 0 Å². The molecule has 0 aliphatic carbocycles. The van der Waals surface area contributed by atoms with E-state index in [-0.39, 0.29) is 9.72 Å². The van der Waals surface area contributed by atoms with Gasteiger partial charge in [-0.05, 0) is 0 Å². The Balaban J connectivity index is 2.42. The second kappa shape index (κ2) is 9.53. The molecule has 14 heteroatoms. The quantitative estimate of drug-likeness (QED) is 0.138. The van der Waals surface area contributed by atoms with Gasteiger partial charge < -0.3 is 60.0 Å². The van der Waals surface area contributed by atoms with Gasteiger partial charge in [0, 0.05) is 23.9 Å². The van der Waals surface area contributed by atoms with Crippen molar-refractivity contribution in [1.29, 1.82) is 0 Å². The molecule has 2 aliphatic heterocycles. The van der Waals surface area contributed by atoms with Gasteiger partial charge in [0.25, 0.3) is 12.1 Å². The van der Waals surface area contributed by atoms with E-state index >= 15 is 0 Å². The first-order valence-corrected chi connectivity index (χ1v) is 8.46. The van der Waals surface area contributed by atoms with Crippen LogP contribution in [0.1, 0.15) is 0 Å². The van der Waals surface area contributed by atoms with Crippen molar-refractivity contribution in [3.63, 3.8) is 0 Å². The highest BCUT2D eigenvalue weighted by Crippen LogP contribution is 2.27. The van der Waals surface area contributed by atoms with Gasteiger partial charge in [-0.15, -0.1) is 0 Å². The first-order chi connectivity index (χ1) is 13.2. The molecule has 2 heterocycles. The van der Waals surface area contributed by atoms with Crippen molar-refractivity contribution in [2.24, 2.45) is 0 Å². The summed E-state index contributed by atoms with van der Waals surface area (Å²) >= 11 is 0. The summed E-state index contributed by atoms with van der Waals surface area (Å²) in [4.78, 5) is -0.758. The number of azo groups is 1. The summed E-state index contributed by atoms with van der Waals surface area (Å²) in [5, 5.41) is 84.9. The third-order valence-electron chi connectivity index (χ3n) is 4.87. The van der Waals surface area contributed by atoms with Crippen LogP contribution >= 0.6 is 0 Å². The second-order valence-corrected chi connectivity index (χ2v) is 6.47. The predicted octanol–water partition coefficient (Wildman–Crippen LogP) is -4.63. The van der Waals surface area contributed by atoms with E-state index in [1.165, 1.54) is 0 Å².